The van der Waals surface area contributed by atoms with Crippen LogP contribution in [0.4, 0.5) is 0 Å². The first-order chi connectivity index (χ1) is 14.7. The van der Waals surface area contributed by atoms with Gasteiger partial charge < -0.3 is 15.2 Å². The third-order valence-electron chi connectivity index (χ3n) is 6.32. The van der Waals surface area contributed by atoms with Crippen LogP contribution in [0, 0.1) is 23.7 Å². The lowest BCUT2D eigenvalue weighted by Gasteiger charge is -2.17. The molecule has 1 aromatic rings. The van der Waals surface area contributed by atoms with Crippen LogP contribution in [0.5, 0.6) is 0 Å². The average molecular weight is 414 g/mol. The number of amides is 2. The van der Waals surface area contributed by atoms with E-state index in [2.05, 4.69) is 38.0 Å². The van der Waals surface area contributed by atoms with Gasteiger partial charge in [-0.25, -0.2) is 0 Å². The smallest absolute Gasteiger partial charge is 0.233 e. The van der Waals surface area contributed by atoms with Crippen molar-refractivity contribution < 1.29 is 9.59 Å². The number of nitrogens with one attached hydrogen (secondary N) is 2. The molecule has 2 amide bonds. The zero-order valence-electron chi connectivity index (χ0n) is 17.5. The number of carbonyl (C=O) groups excluding carboxylic acids is 2. The molecule has 30 heavy (non-hydrogen) atoms. The molecule has 0 spiro atoms. The maximum Gasteiger partial charge on any atom is 0.233 e. The molecule has 2 fully saturated rings. The SMILES string of the molecule is CCNC(=NCCCN1C(=O)C2C3C=CC(C3)C2C1=O)NCCCCn1cnnc1. The van der Waals surface area contributed by atoms with Gasteiger partial charge in [-0.15, -0.1) is 10.2 Å². The van der Waals surface area contributed by atoms with Crippen LogP contribution in [-0.2, 0) is 16.1 Å². The zero-order valence-corrected chi connectivity index (χ0v) is 17.5. The summed E-state index contributed by atoms with van der Waals surface area (Å²) in [7, 11) is 0. The van der Waals surface area contributed by atoms with Crippen LogP contribution >= 0.6 is 0 Å². The zero-order chi connectivity index (χ0) is 20.9. The second kappa shape index (κ2) is 9.40. The van der Waals surface area contributed by atoms with Crippen LogP contribution in [0.15, 0.2) is 29.8 Å². The van der Waals surface area contributed by atoms with E-state index in [0.29, 0.717) is 19.5 Å². The number of unbranched alkanes of at least 4 members (excludes halogenated alkanes) is 1. The normalized spacial score (nSPS) is 27.2. The monoisotopic (exact) mass is 413 g/mol. The molecule has 0 aromatic carbocycles. The van der Waals surface area contributed by atoms with Crippen molar-refractivity contribution >= 4 is 17.8 Å². The number of hydrogen-bond acceptors (Lipinski definition) is 5. The highest BCUT2D eigenvalue weighted by atomic mass is 16.2. The minimum absolute atomic E-state index is 0.0314. The molecule has 3 aliphatic rings. The van der Waals surface area contributed by atoms with Crippen molar-refractivity contribution in [3.63, 3.8) is 0 Å². The molecule has 2 heterocycles. The fraction of sp³-hybridized carbons (Fsp3) is 0.667. The second-order valence-corrected chi connectivity index (χ2v) is 8.28. The Morgan fingerprint density at radius 2 is 1.73 bits per heavy atom. The van der Waals surface area contributed by atoms with E-state index < -0.39 is 0 Å². The van der Waals surface area contributed by atoms with E-state index in [1.54, 1.807) is 12.7 Å². The summed E-state index contributed by atoms with van der Waals surface area (Å²) in [6.07, 6.45) is 11.4. The Morgan fingerprint density at radius 3 is 2.40 bits per heavy atom. The molecule has 4 unspecified atom stereocenters. The summed E-state index contributed by atoms with van der Waals surface area (Å²) in [6.45, 7) is 5.59. The lowest BCUT2D eigenvalue weighted by atomic mass is 9.85. The van der Waals surface area contributed by atoms with Gasteiger partial charge in [0, 0.05) is 32.7 Å². The molecule has 1 aliphatic heterocycles. The first-order valence-electron chi connectivity index (χ1n) is 11.1. The number of carbonyl (C=O) groups is 2. The molecule has 2 N–H and O–H groups in total. The highest BCUT2D eigenvalue weighted by Gasteiger charge is 2.58. The summed E-state index contributed by atoms with van der Waals surface area (Å²) in [5.74, 6) is 1.18. The van der Waals surface area contributed by atoms with Crippen LogP contribution in [-0.4, -0.2) is 63.6 Å². The number of allylic oxidation sites excluding steroid dienone is 2. The van der Waals surface area contributed by atoms with Gasteiger partial charge in [-0.05, 0) is 44.4 Å². The molecule has 4 atom stereocenters. The minimum atomic E-state index is -0.104. The third kappa shape index (κ3) is 4.24. The van der Waals surface area contributed by atoms with Crippen LogP contribution < -0.4 is 10.6 Å². The predicted molar refractivity (Wildman–Crippen MR) is 112 cm³/mol. The number of imide groups is 1. The molecule has 9 nitrogen and oxygen atoms in total. The van der Waals surface area contributed by atoms with Crippen molar-refractivity contribution in [1.29, 1.82) is 0 Å². The van der Waals surface area contributed by atoms with Gasteiger partial charge in [0.25, 0.3) is 0 Å². The molecule has 1 saturated heterocycles. The number of aliphatic imine (C=N–C) groups is 1. The van der Waals surface area contributed by atoms with Crippen molar-refractivity contribution in [3.05, 3.63) is 24.8 Å². The van der Waals surface area contributed by atoms with E-state index in [0.717, 1.165) is 44.9 Å². The van der Waals surface area contributed by atoms with Crippen molar-refractivity contribution in [1.82, 2.24) is 30.3 Å². The Hall–Kier alpha value is -2.71. The van der Waals surface area contributed by atoms with Gasteiger partial charge in [-0.1, -0.05) is 12.2 Å². The molecular weight excluding hydrogens is 382 g/mol. The number of hydrogen-bond donors (Lipinski definition) is 2. The maximum absolute atomic E-state index is 12.7. The Morgan fingerprint density at radius 1 is 1.03 bits per heavy atom. The standard InChI is InChI=1S/C21H31N7O2/c1-2-22-21(23-8-3-4-10-27-13-25-26-14-27)24-9-5-11-28-19(29)17-15-6-7-16(12-15)18(17)20(28)30/h6-7,13-18H,2-5,8-12H2,1H3,(H2,22,23,24). The number of likely N-dealkylation sites (tertiary alicyclic amines) is 1. The van der Waals surface area contributed by atoms with Gasteiger partial charge in [0.2, 0.25) is 11.8 Å². The topological polar surface area (TPSA) is 105 Å². The lowest BCUT2D eigenvalue weighted by molar-refractivity contribution is -0.140. The second-order valence-electron chi connectivity index (χ2n) is 8.28. The highest BCUT2D eigenvalue weighted by molar-refractivity contribution is 6.06. The number of aryl methyl sites for hydroxylation is 1. The lowest BCUT2D eigenvalue weighted by Crippen LogP contribution is -2.38. The fourth-order valence-corrected chi connectivity index (χ4v) is 4.91. The molecule has 0 radical (unpaired) electrons. The summed E-state index contributed by atoms with van der Waals surface area (Å²) in [6, 6.07) is 0. The van der Waals surface area contributed by atoms with E-state index in [1.165, 1.54) is 4.90 Å². The van der Waals surface area contributed by atoms with Gasteiger partial charge >= 0.3 is 0 Å². The number of aromatic nitrogens is 3. The Kier molecular flexibility index (Phi) is 6.44. The van der Waals surface area contributed by atoms with Gasteiger partial charge in [0.15, 0.2) is 5.96 Å². The first kappa shape index (κ1) is 20.6. The van der Waals surface area contributed by atoms with E-state index in [-0.39, 0.29) is 35.5 Å². The molecule has 2 aliphatic carbocycles. The number of fused-ring (bicyclic) bond motifs is 5. The quantitative estimate of drug-likeness (QED) is 0.193. The Labute approximate surface area is 177 Å². The summed E-state index contributed by atoms with van der Waals surface area (Å²) in [5.41, 5.74) is 0. The van der Waals surface area contributed by atoms with Crippen molar-refractivity contribution in [2.75, 3.05) is 26.2 Å². The summed E-state index contributed by atoms with van der Waals surface area (Å²) in [5, 5.41) is 14.2. The molecule has 2 bridgehead atoms. The maximum atomic E-state index is 12.7. The van der Waals surface area contributed by atoms with Gasteiger partial charge in [0.1, 0.15) is 12.7 Å². The largest absolute Gasteiger partial charge is 0.357 e. The molecule has 162 valence electrons. The highest BCUT2D eigenvalue weighted by Crippen LogP contribution is 2.52. The van der Waals surface area contributed by atoms with E-state index >= 15 is 0 Å². The number of rotatable bonds is 10. The Bertz CT molecular complexity index is 774. The average Bonchev–Trinajstić information content (AvgIpc) is 3.52. The van der Waals surface area contributed by atoms with Crippen LogP contribution in [0.25, 0.3) is 0 Å². The van der Waals surface area contributed by atoms with E-state index in [4.69, 9.17) is 0 Å². The number of guanidine groups is 1. The summed E-state index contributed by atoms with van der Waals surface area (Å²) < 4.78 is 1.97. The Balaban J connectivity index is 1.17. The van der Waals surface area contributed by atoms with Crippen molar-refractivity contribution in [2.45, 2.75) is 39.2 Å². The minimum Gasteiger partial charge on any atom is -0.357 e. The summed E-state index contributed by atoms with van der Waals surface area (Å²) in [4.78, 5) is 31.5. The molecule has 9 heteroatoms. The first-order valence-corrected chi connectivity index (χ1v) is 11.1. The molecule has 4 rings (SSSR count). The van der Waals surface area contributed by atoms with E-state index in [1.807, 2.05) is 11.5 Å². The van der Waals surface area contributed by atoms with Crippen molar-refractivity contribution in [2.24, 2.45) is 28.7 Å². The molecule has 1 saturated carbocycles. The van der Waals surface area contributed by atoms with Crippen LogP contribution in [0.3, 0.4) is 0 Å². The molecular formula is C21H31N7O2. The van der Waals surface area contributed by atoms with Gasteiger partial charge in [-0.2, -0.15) is 0 Å². The number of nitrogens with zero attached hydrogens (tertiary/aromatic N) is 5. The fourth-order valence-electron chi connectivity index (χ4n) is 4.91. The van der Waals surface area contributed by atoms with E-state index in [9.17, 15) is 9.59 Å². The van der Waals surface area contributed by atoms with Crippen molar-refractivity contribution in [3.8, 4) is 0 Å². The van der Waals surface area contributed by atoms with Crippen LogP contribution in [0.1, 0.15) is 32.6 Å². The molecule has 1 aromatic heterocycles. The van der Waals surface area contributed by atoms with Gasteiger partial charge in [0.05, 0.1) is 11.8 Å². The van der Waals surface area contributed by atoms with Crippen LogP contribution in [0.2, 0.25) is 0 Å². The predicted octanol–water partition coefficient (Wildman–Crippen LogP) is 0.811. The third-order valence-corrected chi connectivity index (χ3v) is 6.32. The van der Waals surface area contributed by atoms with Gasteiger partial charge in [-0.3, -0.25) is 19.5 Å². The summed E-state index contributed by atoms with van der Waals surface area (Å²) >= 11 is 0.